The monoisotopic (exact) mass is 290 g/mol. The van der Waals surface area contributed by atoms with E-state index in [1.165, 1.54) is 6.92 Å². The Labute approximate surface area is 119 Å². The molecule has 0 saturated heterocycles. The smallest absolute Gasteiger partial charge is 0.326 e. The highest BCUT2D eigenvalue weighted by atomic mass is 16.7. The Morgan fingerprint density at radius 3 is 2.76 bits per heavy atom. The number of benzene rings is 1. The predicted octanol–water partition coefficient (Wildman–Crippen LogP) is 1.03. The molecule has 2 heterocycles. The fourth-order valence-corrected chi connectivity index (χ4v) is 2.40. The highest BCUT2D eigenvalue weighted by Gasteiger charge is 2.22. The molecule has 0 saturated carbocycles. The third kappa shape index (κ3) is 2.49. The van der Waals surface area contributed by atoms with Gasteiger partial charge in [0.25, 0.3) is 0 Å². The summed E-state index contributed by atoms with van der Waals surface area (Å²) in [4.78, 5) is 25.4. The molecule has 0 radical (unpaired) electrons. The van der Waals surface area contributed by atoms with E-state index in [0.29, 0.717) is 11.5 Å². The summed E-state index contributed by atoms with van der Waals surface area (Å²) in [6, 6.07) is 2.66. The molecule has 3 rings (SSSR count). The molecule has 2 aromatic rings. The molecular weight excluding hydrogens is 276 g/mol. The topological polar surface area (TPSA) is 101 Å². The Morgan fingerprint density at radius 2 is 2.10 bits per heavy atom. The van der Waals surface area contributed by atoms with Crippen LogP contribution in [0.15, 0.2) is 18.3 Å². The SMILES string of the molecule is CC(=O)NC(Cc1c[nH]c2cc3c(cc12)OCO3)C(=O)O. The minimum absolute atomic E-state index is 0.181. The Bertz CT molecular complexity index is 721. The largest absolute Gasteiger partial charge is 0.480 e. The number of carboxylic acid groups (broad SMARTS) is 1. The number of hydrogen-bond donors (Lipinski definition) is 3. The number of carboxylic acids is 1. The van der Waals surface area contributed by atoms with Gasteiger partial charge in [-0.1, -0.05) is 0 Å². The molecule has 1 unspecified atom stereocenters. The average molecular weight is 290 g/mol. The highest BCUT2D eigenvalue weighted by Crippen LogP contribution is 2.37. The first-order valence-electron chi connectivity index (χ1n) is 6.44. The zero-order chi connectivity index (χ0) is 15.0. The lowest BCUT2D eigenvalue weighted by Crippen LogP contribution is -2.41. The molecule has 1 atom stereocenters. The van der Waals surface area contributed by atoms with Crippen molar-refractivity contribution in [3.8, 4) is 11.5 Å². The molecule has 110 valence electrons. The van der Waals surface area contributed by atoms with Gasteiger partial charge in [-0.15, -0.1) is 0 Å². The van der Waals surface area contributed by atoms with E-state index in [-0.39, 0.29) is 19.1 Å². The van der Waals surface area contributed by atoms with Gasteiger partial charge in [0.2, 0.25) is 12.7 Å². The van der Waals surface area contributed by atoms with Gasteiger partial charge in [-0.25, -0.2) is 4.79 Å². The van der Waals surface area contributed by atoms with E-state index >= 15 is 0 Å². The second-order valence-electron chi connectivity index (χ2n) is 4.86. The number of aliphatic carboxylic acids is 1. The summed E-state index contributed by atoms with van der Waals surface area (Å²) in [6.07, 6.45) is 1.92. The summed E-state index contributed by atoms with van der Waals surface area (Å²) in [5.41, 5.74) is 1.63. The van der Waals surface area contributed by atoms with Crippen LogP contribution in [0.4, 0.5) is 0 Å². The summed E-state index contributed by atoms with van der Waals surface area (Å²) in [5.74, 6) is -0.151. The minimum atomic E-state index is -1.07. The zero-order valence-corrected chi connectivity index (χ0v) is 11.3. The van der Waals surface area contributed by atoms with Crippen LogP contribution in [0.1, 0.15) is 12.5 Å². The van der Waals surface area contributed by atoms with Gasteiger partial charge in [0, 0.05) is 36.5 Å². The Hall–Kier alpha value is -2.70. The van der Waals surface area contributed by atoms with Crippen LogP contribution in [-0.2, 0) is 16.0 Å². The van der Waals surface area contributed by atoms with E-state index in [0.717, 1.165) is 16.5 Å². The molecule has 0 spiro atoms. The van der Waals surface area contributed by atoms with Crippen LogP contribution in [-0.4, -0.2) is 34.8 Å². The molecule has 1 aliphatic heterocycles. The number of fused-ring (bicyclic) bond motifs is 2. The second kappa shape index (κ2) is 5.01. The Balaban J connectivity index is 1.93. The summed E-state index contributed by atoms with van der Waals surface area (Å²) < 4.78 is 10.6. The van der Waals surface area contributed by atoms with Crippen LogP contribution in [0.25, 0.3) is 10.9 Å². The van der Waals surface area contributed by atoms with E-state index in [9.17, 15) is 14.7 Å². The third-order valence-corrected chi connectivity index (χ3v) is 3.36. The number of nitrogens with one attached hydrogen (secondary N) is 2. The Morgan fingerprint density at radius 1 is 1.38 bits per heavy atom. The highest BCUT2D eigenvalue weighted by molar-refractivity contribution is 5.88. The van der Waals surface area contributed by atoms with Crippen LogP contribution in [0.3, 0.4) is 0 Å². The number of hydrogen-bond acceptors (Lipinski definition) is 4. The van der Waals surface area contributed by atoms with Crippen molar-refractivity contribution in [1.82, 2.24) is 10.3 Å². The van der Waals surface area contributed by atoms with E-state index in [2.05, 4.69) is 10.3 Å². The summed E-state index contributed by atoms with van der Waals surface area (Å²) >= 11 is 0. The van der Waals surface area contributed by atoms with Crippen molar-refractivity contribution < 1.29 is 24.2 Å². The van der Waals surface area contributed by atoms with Crippen LogP contribution < -0.4 is 14.8 Å². The van der Waals surface area contributed by atoms with Gasteiger partial charge < -0.3 is 24.9 Å². The number of ether oxygens (including phenoxy) is 2. The second-order valence-corrected chi connectivity index (χ2v) is 4.86. The normalized spacial score (nSPS) is 14.1. The lowest BCUT2D eigenvalue weighted by Gasteiger charge is -2.12. The predicted molar refractivity (Wildman–Crippen MR) is 73.4 cm³/mol. The van der Waals surface area contributed by atoms with Gasteiger partial charge in [-0.2, -0.15) is 0 Å². The van der Waals surface area contributed by atoms with E-state index in [1.807, 2.05) is 12.1 Å². The first-order valence-corrected chi connectivity index (χ1v) is 6.44. The first kappa shape index (κ1) is 13.3. The van der Waals surface area contributed by atoms with Crippen molar-refractivity contribution in [3.63, 3.8) is 0 Å². The minimum Gasteiger partial charge on any atom is -0.480 e. The van der Waals surface area contributed by atoms with E-state index in [1.54, 1.807) is 6.20 Å². The number of carbonyl (C=O) groups excluding carboxylic acids is 1. The lowest BCUT2D eigenvalue weighted by atomic mass is 10.0. The fraction of sp³-hybridized carbons (Fsp3) is 0.286. The Kier molecular flexibility index (Phi) is 3.17. The van der Waals surface area contributed by atoms with Crippen molar-refractivity contribution in [2.24, 2.45) is 0 Å². The van der Waals surface area contributed by atoms with Gasteiger partial charge >= 0.3 is 5.97 Å². The molecule has 1 aromatic carbocycles. The molecule has 1 aromatic heterocycles. The summed E-state index contributed by atoms with van der Waals surface area (Å²) in [7, 11) is 0. The molecule has 0 bridgehead atoms. The van der Waals surface area contributed by atoms with Crippen molar-refractivity contribution in [2.75, 3.05) is 6.79 Å². The van der Waals surface area contributed by atoms with E-state index in [4.69, 9.17) is 9.47 Å². The van der Waals surface area contributed by atoms with Crippen molar-refractivity contribution >= 4 is 22.8 Å². The number of aromatic amines is 1. The molecular formula is C14H14N2O5. The maximum Gasteiger partial charge on any atom is 0.326 e. The third-order valence-electron chi connectivity index (χ3n) is 3.36. The molecule has 0 aliphatic carbocycles. The van der Waals surface area contributed by atoms with Crippen LogP contribution in [0.5, 0.6) is 11.5 Å². The fourth-order valence-electron chi connectivity index (χ4n) is 2.40. The maximum atomic E-state index is 11.2. The van der Waals surface area contributed by atoms with Crippen LogP contribution in [0, 0.1) is 0 Å². The summed E-state index contributed by atoms with van der Waals surface area (Å²) in [6.45, 7) is 1.48. The lowest BCUT2D eigenvalue weighted by molar-refractivity contribution is -0.141. The maximum absolute atomic E-state index is 11.2. The van der Waals surface area contributed by atoms with Crippen LogP contribution >= 0.6 is 0 Å². The number of H-pyrrole nitrogens is 1. The molecule has 21 heavy (non-hydrogen) atoms. The number of amides is 1. The molecule has 7 nitrogen and oxygen atoms in total. The van der Waals surface area contributed by atoms with Crippen molar-refractivity contribution in [2.45, 2.75) is 19.4 Å². The van der Waals surface area contributed by atoms with Gasteiger partial charge in [-0.05, 0) is 11.6 Å². The van der Waals surface area contributed by atoms with Crippen molar-refractivity contribution in [3.05, 3.63) is 23.9 Å². The standard InChI is InChI=1S/C14H14N2O5/c1-7(17)16-11(14(18)19)2-8-5-15-10-4-13-12(3-9(8)10)20-6-21-13/h3-5,11,15H,2,6H2,1H3,(H,16,17)(H,18,19). The number of aromatic nitrogens is 1. The molecule has 0 fully saturated rings. The van der Waals surface area contributed by atoms with Crippen LogP contribution in [0.2, 0.25) is 0 Å². The quantitative estimate of drug-likeness (QED) is 0.780. The zero-order valence-electron chi connectivity index (χ0n) is 11.3. The molecule has 7 heteroatoms. The van der Waals surface area contributed by atoms with Gasteiger partial charge in [0.05, 0.1) is 0 Å². The van der Waals surface area contributed by atoms with E-state index < -0.39 is 12.0 Å². The summed E-state index contributed by atoms with van der Waals surface area (Å²) in [5, 5.41) is 12.5. The number of rotatable bonds is 4. The molecule has 3 N–H and O–H groups in total. The van der Waals surface area contributed by atoms with Gasteiger partial charge in [-0.3, -0.25) is 4.79 Å². The number of carbonyl (C=O) groups is 2. The van der Waals surface area contributed by atoms with Crippen molar-refractivity contribution in [1.29, 1.82) is 0 Å². The van der Waals surface area contributed by atoms with Gasteiger partial charge in [0.1, 0.15) is 6.04 Å². The average Bonchev–Trinajstić information content (AvgIpc) is 3.01. The first-order chi connectivity index (χ1) is 10.0. The molecule has 1 amide bonds. The molecule has 1 aliphatic rings. The van der Waals surface area contributed by atoms with Gasteiger partial charge in [0.15, 0.2) is 11.5 Å².